The summed E-state index contributed by atoms with van der Waals surface area (Å²) in [4.78, 5) is 45.2. The Hall–Kier alpha value is -3.94. The van der Waals surface area contributed by atoms with Crippen LogP contribution in [0, 0.1) is 0 Å². The van der Waals surface area contributed by atoms with Gasteiger partial charge in [0.15, 0.2) is 6.29 Å². The molecule has 0 spiro atoms. The van der Waals surface area contributed by atoms with E-state index in [0.717, 1.165) is 5.56 Å². The molecule has 2 aromatic carbocycles. The van der Waals surface area contributed by atoms with E-state index in [1.54, 1.807) is 48.5 Å². The molecule has 8 nitrogen and oxygen atoms in total. The quantitative estimate of drug-likeness (QED) is 0.247. The molecule has 0 bridgehead atoms. The molecule has 0 aromatic heterocycles. The smallest absolute Gasteiger partial charge is 0.337 e. The fourth-order valence-corrected chi connectivity index (χ4v) is 2.25. The Labute approximate surface area is 160 Å². The molecule has 0 saturated carbocycles. The maximum atomic E-state index is 11.8. The van der Waals surface area contributed by atoms with Crippen LogP contribution < -0.4 is 15.8 Å². The fourth-order valence-electron chi connectivity index (χ4n) is 2.25. The molecule has 0 radical (unpaired) electrons. The number of rotatable bonds is 7. The Morgan fingerprint density at radius 1 is 1.07 bits per heavy atom. The van der Waals surface area contributed by atoms with Crippen molar-refractivity contribution in [2.45, 2.75) is 6.61 Å². The van der Waals surface area contributed by atoms with E-state index in [1.165, 1.54) is 13.2 Å². The number of imide groups is 1. The lowest BCUT2D eigenvalue weighted by Crippen LogP contribution is -2.36. The first-order valence-electron chi connectivity index (χ1n) is 8.11. The number of nitrogens with two attached hydrogens (primary N) is 1. The molecule has 0 heterocycles. The first-order chi connectivity index (χ1) is 13.4. The standard InChI is InChI=1S/C20H18N2O6/c1-27-19(25)14-8-6-13(7-9-14)12-28-17-5-3-2-4-15(17)10-16(11-23)18(24)22-20(21)26/h2-11H,12H2,1H3,(H3,21,22,24,26)/b16-10-. The summed E-state index contributed by atoms with van der Waals surface area (Å²) >= 11 is 0. The van der Waals surface area contributed by atoms with Crippen LogP contribution in [0.5, 0.6) is 5.75 Å². The van der Waals surface area contributed by atoms with E-state index in [4.69, 9.17) is 10.5 Å². The molecule has 8 heteroatoms. The Morgan fingerprint density at radius 2 is 1.75 bits per heavy atom. The predicted molar refractivity (Wildman–Crippen MR) is 100 cm³/mol. The van der Waals surface area contributed by atoms with Crippen molar-refractivity contribution in [3.8, 4) is 5.75 Å². The molecule has 3 N–H and O–H groups in total. The van der Waals surface area contributed by atoms with Crippen molar-refractivity contribution < 1.29 is 28.7 Å². The molecular weight excluding hydrogens is 364 g/mol. The van der Waals surface area contributed by atoms with Crippen LogP contribution in [-0.4, -0.2) is 31.3 Å². The van der Waals surface area contributed by atoms with Crippen molar-refractivity contribution in [2.24, 2.45) is 5.73 Å². The number of carbonyl (C=O) groups is 4. The van der Waals surface area contributed by atoms with Crippen molar-refractivity contribution in [3.05, 3.63) is 70.8 Å². The summed E-state index contributed by atoms with van der Waals surface area (Å²) in [6, 6.07) is 12.4. The van der Waals surface area contributed by atoms with Crippen LogP contribution >= 0.6 is 0 Å². The van der Waals surface area contributed by atoms with Crippen LogP contribution in [0.3, 0.4) is 0 Å². The normalized spacial score (nSPS) is 10.7. The maximum absolute atomic E-state index is 11.8. The molecule has 3 amide bonds. The third kappa shape index (κ3) is 5.53. The van der Waals surface area contributed by atoms with Gasteiger partial charge < -0.3 is 15.2 Å². The van der Waals surface area contributed by atoms with Crippen LogP contribution in [-0.2, 0) is 20.9 Å². The Balaban J connectivity index is 2.16. The summed E-state index contributed by atoms with van der Waals surface area (Å²) in [5.41, 5.74) is 6.30. The Morgan fingerprint density at radius 3 is 2.36 bits per heavy atom. The number of carbonyl (C=O) groups excluding carboxylic acids is 4. The van der Waals surface area contributed by atoms with Crippen molar-refractivity contribution in [1.29, 1.82) is 0 Å². The minimum atomic E-state index is -1.06. The second-order valence-corrected chi connectivity index (χ2v) is 5.55. The molecule has 0 aliphatic carbocycles. The van der Waals surface area contributed by atoms with Gasteiger partial charge in [0.25, 0.3) is 5.91 Å². The average Bonchev–Trinajstić information content (AvgIpc) is 2.70. The number of hydrogen-bond donors (Lipinski definition) is 2. The molecule has 0 unspecified atom stereocenters. The number of urea groups is 1. The lowest BCUT2D eigenvalue weighted by molar-refractivity contribution is -0.118. The molecule has 0 fully saturated rings. The minimum Gasteiger partial charge on any atom is -0.488 e. The van der Waals surface area contributed by atoms with Crippen LogP contribution in [0.2, 0.25) is 0 Å². The predicted octanol–water partition coefficient (Wildman–Crippen LogP) is 1.83. The van der Waals surface area contributed by atoms with Crippen molar-refractivity contribution >= 4 is 30.3 Å². The number of aldehydes is 1. The van der Waals surface area contributed by atoms with Crippen molar-refractivity contribution in [3.63, 3.8) is 0 Å². The Kier molecular flexibility index (Phi) is 7.04. The number of esters is 1. The van der Waals surface area contributed by atoms with Gasteiger partial charge in [-0.15, -0.1) is 0 Å². The average molecular weight is 382 g/mol. The zero-order valence-electron chi connectivity index (χ0n) is 15.0. The van der Waals surface area contributed by atoms with E-state index < -0.39 is 17.9 Å². The minimum absolute atomic E-state index is 0.191. The third-order valence-corrected chi connectivity index (χ3v) is 3.63. The van der Waals surface area contributed by atoms with Gasteiger partial charge in [-0.3, -0.25) is 14.9 Å². The van der Waals surface area contributed by atoms with E-state index in [1.807, 2.05) is 5.32 Å². The topological polar surface area (TPSA) is 125 Å². The Bertz CT molecular complexity index is 919. The monoisotopic (exact) mass is 382 g/mol. The number of para-hydroxylation sites is 1. The van der Waals surface area contributed by atoms with Crippen molar-refractivity contribution in [2.75, 3.05) is 7.11 Å². The number of methoxy groups -OCH3 is 1. The number of primary amides is 1. The van der Waals surface area contributed by atoms with E-state index in [0.29, 0.717) is 23.2 Å². The number of ether oxygens (including phenoxy) is 2. The lowest BCUT2D eigenvalue weighted by atomic mass is 10.1. The van der Waals surface area contributed by atoms with Crippen molar-refractivity contribution in [1.82, 2.24) is 5.32 Å². The summed E-state index contributed by atoms with van der Waals surface area (Å²) in [5, 5.41) is 1.83. The second kappa shape index (κ2) is 9.67. The largest absolute Gasteiger partial charge is 0.488 e. The van der Waals surface area contributed by atoms with Crippen LogP contribution in [0.15, 0.2) is 54.1 Å². The molecule has 2 aromatic rings. The van der Waals surface area contributed by atoms with Gasteiger partial charge in [0.05, 0.1) is 18.2 Å². The number of benzene rings is 2. The zero-order chi connectivity index (χ0) is 20.5. The zero-order valence-corrected chi connectivity index (χ0v) is 15.0. The van der Waals surface area contributed by atoms with Crippen LogP contribution in [0.4, 0.5) is 4.79 Å². The molecule has 28 heavy (non-hydrogen) atoms. The van der Waals surface area contributed by atoms with E-state index in [-0.39, 0.29) is 12.2 Å². The number of nitrogens with one attached hydrogen (secondary N) is 1. The molecule has 0 atom stereocenters. The first-order valence-corrected chi connectivity index (χ1v) is 8.11. The van der Waals surface area contributed by atoms with Gasteiger partial charge in [-0.05, 0) is 29.8 Å². The van der Waals surface area contributed by atoms with Gasteiger partial charge in [0.1, 0.15) is 12.4 Å². The van der Waals surface area contributed by atoms with E-state index >= 15 is 0 Å². The molecule has 0 saturated heterocycles. The highest BCUT2D eigenvalue weighted by Crippen LogP contribution is 2.22. The van der Waals surface area contributed by atoms with Gasteiger partial charge >= 0.3 is 12.0 Å². The summed E-state index contributed by atoms with van der Waals surface area (Å²) in [5.74, 6) is -0.917. The van der Waals surface area contributed by atoms with Gasteiger partial charge in [0, 0.05) is 5.56 Å². The van der Waals surface area contributed by atoms with Gasteiger partial charge in [-0.2, -0.15) is 0 Å². The highest BCUT2D eigenvalue weighted by atomic mass is 16.5. The maximum Gasteiger partial charge on any atom is 0.337 e. The molecule has 144 valence electrons. The third-order valence-electron chi connectivity index (χ3n) is 3.63. The highest BCUT2D eigenvalue weighted by molar-refractivity contribution is 6.18. The lowest BCUT2D eigenvalue weighted by Gasteiger charge is -2.10. The summed E-state index contributed by atoms with van der Waals surface area (Å²) in [6.45, 7) is 0.191. The molecule has 0 aliphatic rings. The SMILES string of the molecule is COC(=O)c1ccc(COc2ccccc2/C=C(/C=O)C(=O)NC(N)=O)cc1. The first kappa shape index (κ1) is 20.4. The second-order valence-electron chi connectivity index (χ2n) is 5.55. The summed E-state index contributed by atoms with van der Waals surface area (Å²) < 4.78 is 10.4. The molecular formula is C20H18N2O6. The number of hydrogen-bond acceptors (Lipinski definition) is 6. The van der Waals surface area contributed by atoms with Gasteiger partial charge in [0.2, 0.25) is 0 Å². The van der Waals surface area contributed by atoms with Gasteiger partial charge in [-0.1, -0.05) is 30.3 Å². The van der Waals surface area contributed by atoms with Crippen LogP contribution in [0.25, 0.3) is 6.08 Å². The molecule has 0 aliphatic heterocycles. The summed E-state index contributed by atoms with van der Waals surface area (Å²) in [6.07, 6.45) is 1.61. The van der Waals surface area contributed by atoms with E-state index in [2.05, 4.69) is 4.74 Å². The molecule has 2 rings (SSSR count). The fraction of sp³-hybridized carbons (Fsp3) is 0.100. The van der Waals surface area contributed by atoms with Gasteiger partial charge in [-0.25, -0.2) is 9.59 Å². The van der Waals surface area contributed by atoms with E-state index in [9.17, 15) is 19.2 Å². The highest BCUT2D eigenvalue weighted by Gasteiger charge is 2.12. The summed E-state index contributed by atoms with van der Waals surface area (Å²) in [7, 11) is 1.31. The number of amides is 3. The van der Waals surface area contributed by atoms with Crippen LogP contribution in [0.1, 0.15) is 21.5 Å².